The Bertz CT molecular complexity index is 892. The predicted molar refractivity (Wildman–Crippen MR) is 98.3 cm³/mol. The second kappa shape index (κ2) is 6.70. The fourth-order valence-corrected chi connectivity index (χ4v) is 3.26. The lowest BCUT2D eigenvalue weighted by molar-refractivity contribution is -0.123. The van der Waals surface area contributed by atoms with Gasteiger partial charge < -0.3 is 9.88 Å². The van der Waals surface area contributed by atoms with E-state index in [0.717, 1.165) is 22.6 Å². The molecule has 0 bridgehead atoms. The van der Waals surface area contributed by atoms with Gasteiger partial charge in [-0.15, -0.1) is 0 Å². The van der Waals surface area contributed by atoms with Gasteiger partial charge in [-0.05, 0) is 45.9 Å². The Balaban J connectivity index is 1.87. The number of hydrogen-bond donors (Lipinski definition) is 1. The van der Waals surface area contributed by atoms with Crippen LogP contribution >= 0.6 is 0 Å². The molecule has 0 saturated carbocycles. The molecule has 1 aromatic carbocycles. The first-order valence-electron chi connectivity index (χ1n) is 8.65. The van der Waals surface area contributed by atoms with Gasteiger partial charge in [0, 0.05) is 19.3 Å². The molecular weight excluding hydrogens is 314 g/mol. The number of para-hydroxylation sites is 2. The third-order valence-electron chi connectivity index (χ3n) is 4.58. The number of nitrogens with zero attached hydrogens (tertiary/aromatic N) is 4. The van der Waals surface area contributed by atoms with E-state index in [4.69, 9.17) is 4.98 Å². The summed E-state index contributed by atoms with van der Waals surface area (Å²) in [6, 6.07) is 10.0. The maximum absolute atomic E-state index is 12.7. The minimum absolute atomic E-state index is 0.0292. The molecule has 1 N–H and O–H groups in total. The van der Waals surface area contributed by atoms with Gasteiger partial charge >= 0.3 is 0 Å². The summed E-state index contributed by atoms with van der Waals surface area (Å²) in [5.74, 6) is 0.576. The average Bonchev–Trinajstić information content (AvgIpc) is 3.17. The molecule has 0 fully saturated rings. The first-order valence-corrected chi connectivity index (χ1v) is 8.65. The molecule has 25 heavy (non-hydrogen) atoms. The van der Waals surface area contributed by atoms with Crippen molar-refractivity contribution in [1.82, 2.24) is 24.6 Å². The molecule has 3 rings (SSSR count). The van der Waals surface area contributed by atoms with Crippen LogP contribution in [0.3, 0.4) is 0 Å². The van der Waals surface area contributed by atoms with Gasteiger partial charge in [-0.2, -0.15) is 5.10 Å². The van der Waals surface area contributed by atoms with Crippen molar-refractivity contribution in [3.05, 3.63) is 48.0 Å². The number of aryl methyl sites for hydroxylation is 1. The summed E-state index contributed by atoms with van der Waals surface area (Å²) in [6.45, 7) is 8.13. The highest BCUT2D eigenvalue weighted by Gasteiger charge is 2.24. The SMILES string of the molecule is CC(NC(=O)C(C)c1ccnn1C)c1nc2ccccc2n1C(C)C. The molecule has 0 radical (unpaired) electrons. The van der Waals surface area contributed by atoms with Crippen LogP contribution in [0.25, 0.3) is 11.0 Å². The van der Waals surface area contributed by atoms with Crippen molar-refractivity contribution in [1.29, 1.82) is 0 Å². The number of hydrogen-bond acceptors (Lipinski definition) is 3. The van der Waals surface area contributed by atoms with Crippen molar-refractivity contribution in [3.63, 3.8) is 0 Å². The third kappa shape index (κ3) is 3.16. The number of aromatic nitrogens is 4. The summed E-state index contributed by atoms with van der Waals surface area (Å²) in [7, 11) is 1.85. The van der Waals surface area contributed by atoms with Crippen molar-refractivity contribution >= 4 is 16.9 Å². The van der Waals surface area contributed by atoms with Crippen molar-refractivity contribution in [2.45, 2.75) is 45.7 Å². The number of carbonyl (C=O) groups is 1. The Hall–Kier alpha value is -2.63. The van der Waals surface area contributed by atoms with Crippen molar-refractivity contribution < 1.29 is 4.79 Å². The standard InChI is InChI=1S/C19H25N5O/c1-12(2)24-17-9-7-6-8-15(17)22-18(24)14(4)21-19(25)13(3)16-10-11-20-23(16)5/h6-14H,1-5H3,(H,21,25). The monoisotopic (exact) mass is 339 g/mol. The Labute approximate surface area is 147 Å². The van der Waals surface area contributed by atoms with Crippen LogP contribution < -0.4 is 5.32 Å². The zero-order chi connectivity index (χ0) is 18.1. The number of benzene rings is 1. The Morgan fingerprint density at radius 3 is 2.48 bits per heavy atom. The normalized spacial score (nSPS) is 14.0. The molecule has 6 heteroatoms. The van der Waals surface area contributed by atoms with E-state index in [-0.39, 0.29) is 23.9 Å². The van der Waals surface area contributed by atoms with Gasteiger partial charge in [0.25, 0.3) is 0 Å². The number of imidazole rings is 1. The smallest absolute Gasteiger partial charge is 0.229 e. The van der Waals surface area contributed by atoms with E-state index in [1.807, 2.05) is 45.2 Å². The fraction of sp³-hybridized carbons (Fsp3) is 0.421. The molecule has 132 valence electrons. The molecular formula is C19H25N5O. The largest absolute Gasteiger partial charge is 0.346 e. The summed E-state index contributed by atoms with van der Waals surface area (Å²) in [4.78, 5) is 17.4. The number of amides is 1. The third-order valence-corrected chi connectivity index (χ3v) is 4.58. The van der Waals surface area contributed by atoms with Crippen LogP contribution in [0.1, 0.15) is 57.2 Å². The molecule has 0 spiro atoms. The second-order valence-corrected chi connectivity index (χ2v) is 6.75. The zero-order valence-electron chi connectivity index (χ0n) is 15.4. The van der Waals surface area contributed by atoms with Gasteiger partial charge in [0.2, 0.25) is 5.91 Å². The minimum atomic E-state index is -0.271. The summed E-state index contributed by atoms with van der Waals surface area (Å²) >= 11 is 0. The molecule has 3 aromatic rings. The van der Waals surface area contributed by atoms with Crippen LogP contribution in [0.15, 0.2) is 36.5 Å². The number of fused-ring (bicyclic) bond motifs is 1. The Kier molecular flexibility index (Phi) is 4.61. The lowest BCUT2D eigenvalue weighted by Crippen LogP contribution is -2.33. The minimum Gasteiger partial charge on any atom is -0.346 e. The Morgan fingerprint density at radius 1 is 1.12 bits per heavy atom. The topological polar surface area (TPSA) is 64.7 Å². The van der Waals surface area contributed by atoms with Crippen LogP contribution in [0.2, 0.25) is 0 Å². The molecule has 2 atom stereocenters. The fourth-order valence-electron chi connectivity index (χ4n) is 3.26. The van der Waals surface area contributed by atoms with Crippen LogP contribution in [0, 0.1) is 0 Å². The molecule has 6 nitrogen and oxygen atoms in total. The molecule has 0 aliphatic carbocycles. The van der Waals surface area contributed by atoms with Gasteiger partial charge in [-0.3, -0.25) is 9.48 Å². The lowest BCUT2D eigenvalue weighted by Gasteiger charge is -2.20. The first-order chi connectivity index (χ1) is 11.9. The van der Waals surface area contributed by atoms with Crippen LogP contribution in [-0.2, 0) is 11.8 Å². The first kappa shape index (κ1) is 17.2. The van der Waals surface area contributed by atoms with Crippen molar-refractivity contribution in [3.8, 4) is 0 Å². The number of nitrogens with one attached hydrogen (secondary N) is 1. The highest BCUT2D eigenvalue weighted by Crippen LogP contribution is 2.25. The van der Waals surface area contributed by atoms with E-state index in [9.17, 15) is 4.79 Å². The quantitative estimate of drug-likeness (QED) is 0.775. The molecule has 0 aliphatic rings. The maximum atomic E-state index is 12.7. The van der Waals surface area contributed by atoms with Gasteiger partial charge in [0.15, 0.2) is 0 Å². The number of carbonyl (C=O) groups excluding carboxylic acids is 1. The second-order valence-electron chi connectivity index (χ2n) is 6.75. The highest BCUT2D eigenvalue weighted by atomic mass is 16.2. The van der Waals surface area contributed by atoms with Crippen LogP contribution in [-0.4, -0.2) is 25.2 Å². The molecule has 2 heterocycles. The van der Waals surface area contributed by atoms with E-state index >= 15 is 0 Å². The maximum Gasteiger partial charge on any atom is 0.229 e. The van der Waals surface area contributed by atoms with Gasteiger partial charge in [0.1, 0.15) is 5.82 Å². The van der Waals surface area contributed by atoms with Crippen molar-refractivity contribution in [2.75, 3.05) is 0 Å². The van der Waals surface area contributed by atoms with Crippen LogP contribution in [0.4, 0.5) is 0 Å². The summed E-state index contributed by atoms with van der Waals surface area (Å²) in [5, 5.41) is 7.25. The Morgan fingerprint density at radius 2 is 1.84 bits per heavy atom. The van der Waals surface area contributed by atoms with E-state index in [0.29, 0.717) is 0 Å². The zero-order valence-corrected chi connectivity index (χ0v) is 15.4. The van der Waals surface area contributed by atoms with Crippen molar-refractivity contribution in [2.24, 2.45) is 7.05 Å². The molecule has 1 amide bonds. The average molecular weight is 339 g/mol. The number of rotatable bonds is 5. The lowest BCUT2D eigenvalue weighted by atomic mass is 10.1. The summed E-state index contributed by atoms with van der Waals surface area (Å²) in [6.07, 6.45) is 1.71. The van der Waals surface area contributed by atoms with Gasteiger partial charge in [-0.25, -0.2) is 4.98 Å². The molecule has 2 aromatic heterocycles. The molecule has 0 aliphatic heterocycles. The van der Waals surface area contributed by atoms with Gasteiger partial charge in [0.05, 0.1) is 28.7 Å². The molecule has 2 unspecified atom stereocenters. The van der Waals surface area contributed by atoms with Gasteiger partial charge in [-0.1, -0.05) is 12.1 Å². The predicted octanol–water partition coefficient (Wildman–Crippen LogP) is 3.33. The summed E-state index contributed by atoms with van der Waals surface area (Å²) in [5.41, 5.74) is 2.93. The van der Waals surface area contributed by atoms with E-state index < -0.39 is 0 Å². The van der Waals surface area contributed by atoms with E-state index in [1.54, 1.807) is 10.9 Å². The van der Waals surface area contributed by atoms with E-state index in [1.165, 1.54) is 0 Å². The highest BCUT2D eigenvalue weighted by molar-refractivity contribution is 5.83. The van der Waals surface area contributed by atoms with Crippen LogP contribution in [0.5, 0.6) is 0 Å². The van der Waals surface area contributed by atoms with E-state index in [2.05, 4.69) is 34.9 Å². The molecule has 0 saturated heterocycles. The summed E-state index contributed by atoms with van der Waals surface area (Å²) < 4.78 is 3.92.